The number of nitrogens with one attached hydrogen (secondary N) is 1. The first-order chi connectivity index (χ1) is 14.5. The lowest BCUT2D eigenvalue weighted by atomic mass is 9.93. The van der Waals surface area contributed by atoms with Crippen LogP contribution >= 0.6 is 11.8 Å². The Morgan fingerprint density at radius 3 is 2.67 bits per heavy atom. The number of rotatable bonds is 9. The highest BCUT2D eigenvalue weighted by Crippen LogP contribution is 2.34. The van der Waals surface area contributed by atoms with Gasteiger partial charge in [0.15, 0.2) is 5.16 Å². The minimum Gasteiger partial charge on any atom is -0.383 e. The number of imidazole rings is 1. The van der Waals surface area contributed by atoms with Crippen molar-refractivity contribution in [1.82, 2.24) is 9.97 Å². The maximum atomic E-state index is 13.5. The fourth-order valence-electron chi connectivity index (χ4n) is 3.73. The van der Waals surface area contributed by atoms with Crippen molar-refractivity contribution in [2.24, 2.45) is 0 Å². The molecule has 6 heteroatoms. The molecule has 0 radical (unpaired) electrons. The summed E-state index contributed by atoms with van der Waals surface area (Å²) >= 11 is 1.44. The SMILES string of the molecule is CCC(C)c1cccc(C)c1N(C(=O)CSc1nc2ccccc2[nH]1)C(C)COC. The van der Waals surface area contributed by atoms with Gasteiger partial charge in [-0.15, -0.1) is 0 Å². The molecule has 0 spiro atoms. The molecule has 1 N–H and O–H groups in total. The van der Waals surface area contributed by atoms with E-state index in [-0.39, 0.29) is 11.9 Å². The van der Waals surface area contributed by atoms with Crippen LogP contribution in [0.2, 0.25) is 0 Å². The molecule has 0 saturated heterocycles. The average Bonchev–Trinajstić information content (AvgIpc) is 3.16. The van der Waals surface area contributed by atoms with Crippen LogP contribution in [0.4, 0.5) is 5.69 Å². The zero-order valence-electron chi connectivity index (χ0n) is 18.4. The second kappa shape index (κ2) is 10.1. The van der Waals surface area contributed by atoms with Gasteiger partial charge >= 0.3 is 0 Å². The summed E-state index contributed by atoms with van der Waals surface area (Å²) in [6, 6.07) is 14.1. The number of hydrogen-bond donors (Lipinski definition) is 1. The van der Waals surface area contributed by atoms with E-state index in [0.717, 1.165) is 33.9 Å². The summed E-state index contributed by atoms with van der Waals surface area (Å²) in [5.74, 6) is 0.735. The molecule has 0 aliphatic carbocycles. The van der Waals surface area contributed by atoms with Crippen LogP contribution in [0.3, 0.4) is 0 Å². The van der Waals surface area contributed by atoms with Gasteiger partial charge in [-0.3, -0.25) is 4.79 Å². The molecule has 1 aromatic heterocycles. The number of fused-ring (bicyclic) bond motifs is 1. The summed E-state index contributed by atoms with van der Waals surface area (Å²) in [6.07, 6.45) is 1.02. The van der Waals surface area contributed by atoms with E-state index in [2.05, 4.69) is 48.9 Å². The molecule has 1 heterocycles. The van der Waals surface area contributed by atoms with Crippen molar-refractivity contribution in [3.63, 3.8) is 0 Å². The van der Waals surface area contributed by atoms with E-state index in [1.54, 1.807) is 7.11 Å². The Morgan fingerprint density at radius 1 is 1.20 bits per heavy atom. The van der Waals surface area contributed by atoms with Crippen LogP contribution in [-0.4, -0.2) is 41.4 Å². The molecule has 5 nitrogen and oxygen atoms in total. The fourth-order valence-corrected chi connectivity index (χ4v) is 4.48. The molecule has 160 valence electrons. The van der Waals surface area contributed by atoms with E-state index in [0.29, 0.717) is 18.3 Å². The highest BCUT2D eigenvalue weighted by molar-refractivity contribution is 7.99. The number of anilines is 1. The molecule has 0 saturated carbocycles. The Labute approximate surface area is 183 Å². The van der Waals surface area contributed by atoms with Crippen LogP contribution in [0.1, 0.15) is 44.2 Å². The number of amides is 1. The minimum absolute atomic E-state index is 0.0591. The Kier molecular flexibility index (Phi) is 7.56. The zero-order valence-corrected chi connectivity index (χ0v) is 19.3. The molecular formula is C24H31N3O2S. The first-order valence-corrected chi connectivity index (χ1v) is 11.4. The molecule has 3 aromatic rings. The predicted molar refractivity (Wildman–Crippen MR) is 126 cm³/mol. The minimum atomic E-state index is -0.0670. The van der Waals surface area contributed by atoms with E-state index < -0.39 is 0 Å². The highest BCUT2D eigenvalue weighted by atomic mass is 32.2. The van der Waals surface area contributed by atoms with Crippen LogP contribution in [0.15, 0.2) is 47.6 Å². The first kappa shape index (κ1) is 22.4. The molecule has 2 unspecified atom stereocenters. The normalized spacial score (nSPS) is 13.4. The van der Waals surface area contributed by atoms with Crippen molar-refractivity contribution in [1.29, 1.82) is 0 Å². The molecule has 30 heavy (non-hydrogen) atoms. The lowest BCUT2D eigenvalue weighted by molar-refractivity contribution is -0.116. The van der Waals surface area contributed by atoms with Gasteiger partial charge in [0.05, 0.1) is 35.1 Å². The number of ether oxygens (including phenoxy) is 1. The summed E-state index contributed by atoms with van der Waals surface area (Å²) in [5, 5.41) is 0.760. The van der Waals surface area contributed by atoms with Gasteiger partial charge in [0.25, 0.3) is 0 Å². The molecule has 2 atom stereocenters. The molecular weight excluding hydrogens is 394 g/mol. The first-order valence-electron chi connectivity index (χ1n) is 10.4. The molecule has 3 rings (SSSR count). The third-order valence-corrected chi connectivity index (χ3v) is 6.33. The summed E-state index contributed by atoms with van der Waals surface area (Å²) < 4.78 is 5.41. The number of aryl methyl sites for hydroxylation is 1. The summed E-state index contributed by atoms with van der Waals surface area (Å²) in [4.78, 5) is 23.3. The topological polar surface area (TPSA) is 58.2 Å². The van der Waals surface area contributed by atoms with E-state index >= 15 is 0 Å². The third-order valence-electron chi connectivity index (χ3n) is 5.47. The summed E-state index contributed by atoms with van der Waals surface area (Å²) in [5.41, 5.74) is 5.23. The number of thioether (sulfide) groups is 1. The van der Waals surface area contributed by atoms with E-state index in [4.69, 9.17) is 4.74 Å². The van der Waals surface area contributed by atoms with Crippen LogP contribution in [0, 0.1) is 6.92 Å². The van der Waals surface area contributed by atoms with Crippen LogP contribution in [-0.2, 0) is 9.53 Å². The largest absolute Gasteiger partial charge is 0.383 e. The van der Waals surface area contributed by atoms with Crippen molar-refractivity contribution in [3.8, 4) is 0 Å². The van der Waals surface area contributed by atoms with Crippen molar-refractivity contribution < 1.29 is 9.53 Å². The second-order valence-corrected chi connectivity index (χ2v) is 8.70. The van der Waals surface area contributed by atoms with Crippen molar-refractivity contribution in [3.05, 3.63) is 53.6 Å². The number of aromatic amines is 1. The van der Waals surface area contributed by atoms with Gasteiger partial charge in [-0.25, -0.2) is 4.98 Å². The van der Waals surface area contributed by atoms with Gasteiger partial charge < -0.3 is 14.6 Å². The predicted octanol–water partition coefficient (Wildman–Crippen LogP) is 5.55. The Bertz CT molecular complexity index is 968. The number of methoxy groups -OCH3 is 1. The molecule has 0 aliphatic rings. The quantitative estimate of drug-likeness (QED) is 0.457. The molecule has 0 aliphatic heterocycles. The smallest absolute Gasteiger partial charge is 0.237 e. The monoisotopic (exact) mass is 425 g/mol. The number of benzene rings is 2. The van der Waals surface area contributed by atoms with E-state index in [9.17, 15) is 4.79 Å². The average molecular weight is 426 g/mol. The maximum absolute atomic E-state index is 13.5. The van der Waals surface area contributed by atoms with Gasteiger partial charge in [0, 0.05) is 7.11 Å². The zero-order chi connectivity index (χ0) is 21.7. The standard InChI is InChI=1S/C24H31N3O2S/c1-6-16(2)19-11-9-10-17(3)23(19)27(18(4)14-29-5)22(28)15-30-24-25-20-12-7-8-13-21(20)26-24/h7-13,16,18H,6,14-15H2,1-5H3,(H,25,26). The Balaban J connectivity index is 1.89. The second-order valence-electron chi connectivity index (χ2n) is 7.74. The summed E-state index contributed by atoms with van der Waals surface area (Å²) in [7, 11) is 1.68. The van der Waals surface area contributed by atoms with Gasteiger partial charge in [0.2, 0.25) is 5.91 Å². The van der Waals surface area contributed by atoms with Crippen molar-refractivity contribution in [2.75, 3.05) is 24.4 Å². The molecule has 2 aromatic carbocycles. The van der Waals surface area contributed by atoms with Crippen molar-refractivity contribution >= 4 is 34.4 Å². The third kappa shape index (κ3) is 4.87. The lowest BCUT2D eigenvalue weighted by Crippen LogP contribution is -2.43. The van der Waals surface area contributed by atoms with E-state index in [1.165, 1.54) is 17.3 Å². The number of para-hydroxylation sites is 3. The van der Waals surface area contributed by atoms with Crippen molar-refractivity contribution in [2.45, 2.75) is 51.2 Å². The highest BCUT2D eigenvalue weighted by Gasteiger charge is 2.27. The number of hydrogen-bond acceptors (Lipinski definition) is 4. The van der Waals surface area contributed by atoms with Crippen LogP contribution in [0.25, 0.3) is 11.0 Å². The maximum Gasteiger partial charge on any atom is 0.237 e. The number of H-pyrrole nitrogens is 1. The molecule has 0 bridgehead atoms. The number of carbonyl (C=O) groups excluding carboxylic acids is 1. The fraction of sp³-hybridized carbons (Fsp3) is 0.417. The Hall–Kier alpha value is -2.31. The van der Waals surface area contributed by atoms with Crippen LogP contribution in [0.5, 0.6) is 0 Å². The van der Waals surface area contributed by atoms with Crippen LogP contribution < -0.4 is 4.90 Å². The molecule has 0 fully saturated rings. The van der Waals surface area contributed by atoms with Gasteiger partial charge in [-0.05, 0) is 49.4 Å². The van der Waals surface area contributed by atoms with E-state index in [1.807, 2.05) is 36.1 Å². The van der Waals surface area contributed by atoms with Gasteiger partial charge in [-0.2, -0.15) is 0 Å². The Morgan fingerprint density at radius 2 is 1.97 bits per heavy atom. The molecule has 1 amide bonds. The lowest BCUT2D eigenvalue weighted by Gasteiger charge is -2.33. The number of nitrogens with zero attached hydrogens (tertiary/aromatic N) is 2. The van der Waals surface area contributed by atoms with Gasteiger partial charge in [0.1, 0.15) is 0 Å². The van der Waals surface area contributed by atoms with Gasteiger partial charge in [-0.1, -0.05) is 55.9 Å². The number of carbonyl (C=O) groups is 1. The summed E-state index contributed by atoms with van der Waals surface area (Å²) in [6.45, 7) is 8.99. The number of aromatic nitrogens is 2.